The van der Waals surface area contributed by atoms with E-state index in [0.29, 0.717) is 6.54 Å². The Morgan fingerprint density at radius 2 is 1.78 bits per heavy atom. The minimum Gasteiger partial charge on any atom is -0.369 e. The first kappa shape index (κ1) is 12.9. The van der Waals surface area contributed by atoms with Crippen LogP contribution >= 0.6 is 0 Å². The van der Waals surface area contributed by atoms with Crippen molar-refractivity contribution in [2.24, 2.45) is 0 Å². The van der Waals surface area contributed by atoms with Crippen molar-refractivity contribution in [2.45, 2.75) is 6.92 Å². The van der Waals surface area contributed by atoms with Crippen LogP contribution in [0.25, 0.3) is 0 Å². The third kappa shape index (κ3) is 3.01. The molecule has 0 unspecified atom stereocenters. The van der Waals surface area contributed by atoms with E-state index in [1.807, 2.05) is 31.2 Å². The Hall–Kier alpha value is -1.55. The number of rotatable bonds is 3. The molecule has 1 N–H and O–H groups in total. The number of nitrogens with one attached hydrogen (secondary N) is 1. The van der Waals surface area contributed by atoms with Crippen molar-refractivity contribution < 1.29 is 4.79 Å². The van der Waals surface area contributed by atoms with Gasteiger partial charge >= 0.3 is 0 Å². The third-order valence-corrected chi connectivity index (χ3v) is 3.34. The molecule has 0 spiro atoms. The quantitative estimate of drug-likeness (QED) is 0.871. The Morgan fingerprint density at radius 3 is 2.33 bits per heavy atom. The van der Waals surface area contributed by atoms with E-state index < -0.39 is 0 Å². The fourth-order valence-corrected chi connectivity index (χ4v) is 2.15. The van der Waals surface area contributed by atoms with E-state index in [1.165, 1.54) is 5.69 Å². The van der Waals surface area contributed by atoms with Gasteiger partial charge in [0.25, 0.3) is 5.91 Å². The van der Waals surface area contributed by atoms with E-state index in [2.05, 4.69) is 22.2 Å². The number of hydrogen-bond acceptors (Lipinski definition) is 3. The molecule has 0 saturated carbocycles. The normalized spacial score (nSPS) is 16.7. The second kappa shape index (κ2) is 5.87. The van der Waals surface area contributed by atoms with Gasteiger partial charge in [0.1, 0.15) is 0 Å². The van der Waals surface area contributed by atoms with Crippen molar-refractivity contribution >= 4 is 11.6 Å². The molecule has 4 heteroatoms. The molecule has 1 amide bonds. The van der Waals surface area contributed by atoms with Crippen molar-refractivity contribution in [3.8, 4) is 0 Å². The van der Waals surface area contributed by atoms with Gasteiger partial charge in [0, 0.05) is 44.0 Å². The molecule has 98 valence electrons. The summed E-state index contributed by atoms with van der Waals surface area (Å²) in [5.41, 5.74) is 1.94. The van der Waals surface area contributed by atoms with E-state index in [-0.39, 0.29) is 5.91 Å². The molecule has 2 rings (SSSR count). The Labute approximate surface area is 109 Å². The monoisotopic (exact) mass is 247 g/mol. The van der Waals surface area contributed by atoms with Crippen LogP contribution < -0.4 is 10.2 Å². The van der Waals surface area contributed by atoms with E-state index in [0.717, 1.165) is 31.7 Å². The Kier molecular flexibility index (Phi) is 4.20. The van der Waals surface area contributed by atoms with Gasteiger partial charge in [0.2, 0.25) is 0 Å². The van der Waals surface area contributed by atoms with Crippen LogP contribution in [0.2, 0.25) is 0 Å². The molecule has 0 radical (unpaired) electrons. The second-order valence-electron chi connectivity index (χ2n) is 4.70. The summed E-state index contributed by atoms with van der Waals surface area (Å²) >= 11 is 0. The molecular weight excluding hydrogens is 226 g/mol. The van der Waals surface area contributed by atoms with Gasteiger partial charge in [-0.2, -0.15) is 0 Å². The highest BCUT2D eigenvalue weighted by Crippen LogP contribution is 2.16. The Morgan fingerprint density at radius 1 is 1.17 bits per heavy atom. The summed E-state index contributed by atoms with van der Waals surface area (Å²) in [7, 11) is 2.15. The van der Waals surface area contributed by atoms with Crippen molar-refractivity contribution in [1.82, 2.24) is 10.2 Å². The molecule has 1 aromatic rings. The molecular formula is C14H21N3O. The van der Waals surface area contributed by atoms with Crippen LogP contribution in [-0.2, 0) is 0 Å². The zero-order chi connectivity index (χ0) is 13.0. The predicted octanol–water partition coefficient (Wildman–Crippen LogP) is 1.19. The Balaban J connectivity index is 2.01. The lowest BCUT2D eigenvalue weighted by Crippen LogP contribution is -2.44. The average molecular weight is 247 g/mol. The molecule has 0 bridgehead atoms. The van der Waals surface area contributed by atoms with Gasteiger partial charge in [-0.1, -0.05) is 0 Å². The van der Waals surface area contributed by atoms with Gasteiger partial charge < -0.3 is 15.1 Å². The van der Waals surface area contributed by atoms with Crippen molar-refractivity contribution in [3.05, 3.63) is 29.8 Å². The van der Waals surface area contributed by atoms with Gasteiger partial charge in [0.15, 0.2) is 0 Å². The lowest BCUT2D eigenvalue weighted by atomic mass is 10.1. The molecule has 1 heterocycles. The van der Waals surface area contributed by atoms with Crippen LogP contribution in [0.4, 0.5) is 5.69 Å². The minimum atomic E-state index is 0.00225. The van der Waals surface area contributed by atoms with Crippen LogP contribution in [-0.4, -0.2) is 50.6 Å². The van der Waals surface area contributed by atoms with Crippen LogP contribution in [0.5, 0.6) is 0 Å². The number of benzene rings is 1. The average Bonchev–Trinajstić information content (AvgIpc) is 2.40. The SMILES string of the molecule is CCNC(=O)c1ccc(N2CCN(C)CC2)cc1. The van der Waals surface area contributed by atoms with E-state index in [1.54, 1.807) is 0 Å². The molecule has 0 aromatic heterocycles. The predicted molar refractivity (Wildman–Crippen MR) is 74.2 cm³/mol. The molecule has 1 saturated heterocycles. The lowest BCUT2D eigenvalue weighted by molar-refractivity contribution is 0.0956. The fourth-order valence-electron chi connectivity index (χ4n) is 2.15. The summed E-state index contributed by atoms with van der Waals surface area (Å²) in [6.45, 7) is 6.89. The molecule has 1 aromatic carbocycles. The van der Waals surface area contributed by atoms with E-state index >= 15 is 0 Å². The maximum absolute atomic E-state index is 11.6. The van der Waals surface area contributed by atoms with E-state index in [9.17, 15) is 4.79 Å². The highest BCUT2D eigenvalue weighted by molar-refractivity contribution is 5.94. The van der Waals surface area contributed by atoms with E-state index in [4.69, 9.17) is 0 Å². The fraction of sp³-hybridized carbons (Fsp3) is 0.500. The first-order valence-corrected chi connectivity index (χ1v) is 6.52. The van der Waals surface area contributed by atoms with Crippen LogP contribution in [0.1, 0.15) is 17.3 Å². The molecule has 1 aliphatic rings. The maximum atomic E-state index is 11.6. The number of hydrogen-bond donors (Lipinski definition) is 1. The van der Waals surface area contributed by atoms with Gasteiger partial charge in [-0.15, -0.1) is 0 Å². The van der Waals surface area contributed by atoms with Gasteiger partial charge in [0.05, 0.1) is 0 Å². The topological polar surface area (TPSA) is 35.6 Å². The highest BCUT2D eigenvalue weighted by Gasteiger charge is 2.14. The van der Waals surface area contributed by atoms with Crippen LogP contribution in [0, 0.1) is 0 Å². The summed E-state index contributed by atoms with van der Waals surface area (Å²) in [4.78, 5) is 16.3. The smallest absolute Gasteiger partial charge is 0.251 e. The van der Waals surface area contributed by atoms with Crippen molar-refractivity contribution in [2.75, 3.05) is 44.7 Å². The number of anilines is 1. The number of nitrogens with zero attached hydrogens (tertiary/aromatic N) is 2. The lowest BCUT2D eigenvalue weighted by Gasteiger charge is -2.34. The number of piperazine rings is 1. The maximum Gasteiger partial charge on any atom is 0.251 e. The molecule has 0 atom stereocenters. The number of amides is 1. The zero-order valence-corrected chi connectivity index (χ0v) is 11.1. The van der Waals surface area contributed by atoms with Gasteiger partial charge in [-0.25, -0.2) is 0 Å². The summed E-state index contributed by atoms with van der Waals surface area (Å²) in [6, 6.07) is 7.88. The number of likely N-dealkylation sites (N-methyl/N-ethyl adjacent to an activating group) is 1. The summed E-state index contributed by atoms with van der Waals surface area (Å²) in [6.07, 6.45) is 0. The van der Waals surface area contributed by atoms with Gasteiger partial charge in [-0.3, -0.25) is 4.79 Å². The zero-order valence-electron chi connectivity index (χ0n) is 11.1. The van der Waals surface area contributed by atoms with Crippen LogP contribution in [0.3, 0.4) is 0 Å². The minimum absolute atomic E-state index is 0.00225. The number of carbonyl (C=O) groups is 1. The molecule has 0 aliphatic carbocycles. The third-order valence-electron chi connectivity index (χ3n) is 3.34. The second-order valence-corrected chi connectivity index (χ2v) is 4.70. The van der Waals surface area contributed by atoms with Crippen LogP contribution in [0.15, 0.2) is 24.3 Å². The largest absolute Gasteiger partial charge is 0.369 e. The summed E-state index contributed by atoms with van der Waals surface area (Å²) in [5.74, 6) is 0.00225. The summed E-state index contributed by atoms with van der Waals surface area (Å²) in [5, 5.41) is 2.81. The Bertz CT molecular complexity index is 394. The van der Waals surface area contributed by atoms with Crippen molar-refractivity contribution in [1.29, 1.82) is 0 Å². The first-order chi connectivity index (χ1) is 8.70. The van der Waals surface area contributed by atoms with Gasteiger partial charge in [-0.05, 0) is 38.2 Å². The molecule has 1 aliphatic heterocycles. The molecule has 18 heavy (non-hydrogen) atoms. The molecule has 4 nitrogen and oxygen atoms in total. The standard InChI is InChI=1S/C14H21N3O/c1-3-15-14(18)12-4-6-13(7-5-12)17-10-8-16(2)9-11-17/h4-7H,3,8-11H2,1-2H3,(H,15,18). The molecule has 1 fully saturated rings. The van der Waals surface area contributed by atoms with Crippen molar-refractivity contribution in [3.63, 3.8) is 0 Å². The number of carbonyl (C=O) groups excluding carboxylic acids is 1. The highest BCUT2D eigenvalue weighted by atomic mass is 16.1. The summed E-state index contributed by atoms with van der Waals surface area (Å²) < 4.78 is 0. The first-order valence-electron chi connectivity index (χ1n) is 6.52.